The first-order valence-electron chi connectivity index (χ1n) is 7.94. The van der Waals surface area contributed by atoms with Gasteiger partial charge in [-0.15, -0.1) is 0 Å². The number of nitrogens with zero attached hydrogens (tertiary/aromatic N) is 4. The van der Waals surface area contributed by atoms with Crippen molar-refractivity contribution in [1.82, 2.24) is 23.4 Å². The van der Waals surface area contributed by atoms with Crippen LogP contribution in [0.25, 0.3) is 0 Å². The molecule has 2 fully saturated rings. The Balaban J connectivity index is 1.81. The Kier molecular flexibility index (Phi) is 4.37. The number of H-pyrrole nitrogens is 1. The second-order valence-electron chi connectivity index (χ2n) is 5.94. The van der Waals surface area contributed by atoms with Gasteiger partial charge in [0.25, 0.3) is 10.2 Å². The average molecular weight is 329 g/mol. The number of hydrogen-bond donors (Lipinski definition) is 1. The molecule has 0 radical (unpaired) electrons. The minimum absolute atomic E-state index is 0.0231. The maximum Gasteiger partial charge on any atom is 0.343 e. The second kappa shape index (κ2) is 6.13. The van der Waals surface area contributed by atoms with Crippen LogP contribution in [0.1, 0.15) is 44.3 Å². The van der Waals surface area contributed by atoms with Crippen molar-refractivity contribution in [1.29, 1.82) is 0 Å². The summed E-state index contributed by atoms with van der Waals surface area (Å²) in [5.41, 5.74) is -0.225. The van der Waals surface area contributed by atoms with E-state index in [4.69, 9.17) is 0 Å². The smallest absolute Gasteiger partial charge is 0.279 e. The molecule has 0 aromatic carbocycles. The number of aromatic amines is 1. The van der Waals surface area contributed by atoms with Crippen molar-refractivity contribution in [3.8, 4) is 0 Å². The highest BCUT2D eigenvalue weighted by molar-refractivity contribution is 7.86. The topological polar surface area (TPSA) is 91.3 Å². The summed E-state index contributed by atoms with van der Waals surface area (Å²) in [6.07, 6.45) is 3.52. The molecule has 2 aliphatic heterocycles. The summed E-state index contributed by atoms with van der Waals surface area (Å²) in [6.45, 7) is 4.62. The van der Waals surface area contributed by atoms with Gasteiger partial charge in [0.05, 0.1) is 0 Å². The van der Waals surface area contributed by atoms with Gasteiger partial charge in [-0.1, -0.05) is 0 Å². The van der Waals surface area contributed by atoms with Gasteiger partial charge >= 0.3 is 5.69 Å². The van der Waals surface area contributed by atoms with Crippen LogP contribution >= 0.6 is 0 Å². The van der Waals surface area contributed by atoms with Gasteiger partial charge in [0.15, 0.2) is 0 Å². The first kappa shape index (κ1) is 15.7. The molecule has 0 amide bonds. The summed E-state index contributed by atoms with van der Waals surface area (Å²) in [5, 5.41) is 6.59. The van der Waals surface area contributed by atoms with E-state index in [2.05, 4.69) is 10.2 Å². The van der Waals surface area contributed by atoms with Gasteiger partial charge in [0, 0.05) is 38.6 Å². The van der Waals surface area contributed by atoms with Crippen molar-refractivity contribution < 1.29 is 8.42 Å². The third-order valence-electron chi connectivity index (χ3n) is 4.57. The molecule has 9 heteroatoms. The van der Waals surface area contributed by atoms with E-state index in [1.165, 1.54) is 0 Å². The van der Waals surface area contributed by atoms with Gasteiger partial charge in [-0.3, -0.25) is 4.57 Å². The van der Waals surface area contributed by atoms with E-state index in [1.807, 2.05) is 6.92 Å². The van der Waals surface area contributed by atoms with Crippen LogP contribution in [-0.4, -0.2) is 58.0 Å². The summed E-state index contributed by atoms with van der Waals surface area (Å²) in [7, 11) is -3.37. The van der Waals surface area contributed by atoms with E-state index >= 15 is 0 Å². The maximum absolute atomic E-state index is 12.7. The molecule has 124 valence electrons. The largest absolute Gasteiger partial charge is 0.343 e. The van der Waals surface area contributed by atoms with Crippen LogP contribution < -0.4 is 5.69 Å². The van der Waals surface area contributed by atoms with E-state index in [1.54, 1.807) is 13.2 Å². The van der Waals surface area contributed by atoms with Gasteiger partial charge in [-0.2, -0.15) is 22.1 Å². The summed E-state index contributed by atoms with van der Waals surface area (Å²) in [6, 6.07) is 0. The van der Waals surface area contributed by atoms with Crippen LogP contribution in [0.3, 0.4) is 0 Å². The Labute approximate surface area is 130 Å². The fourth-order valence-corrected chi connectivity index (χ4v) is 5.17. The van der Waals surface area contributed by atoms with Crippen LogP contribution in [0, 0.1) is 0 Å². The highest BCUT2D eigenvalue weighted by atomic mass is 32.2. The van der Waals surface area contributed by atoms with Gasteiger partial charge in [0.1, 0.15) is 5.82 Å². The van der Waals surface area contributed by atoms with Crippen molar-refractivity contribution in [3.05, 3.63) is 16.3 Å². The van der Waals surface area contributed by atoms with Gasteiger partial charge < -0.3 is 0 Å². The Bertz CT molecular complexity index is 674. The van der Waals surface area contributed by atoms with E-state index < -0.39 is 10.2 Å². The molecule has 2 saturated heterocycles. The van der Waals surface area contributed by atoms with E-state index in [-0.39, 0.29) is 11.6 Å². The third-order valence-corrected chi connectivity index (χ3v) is 6.57. The minimum Gasteiger partial charge on any atom is -0.279 e. The molecule has 1 aromatic rings. The van der Waals surface area contributed by atoms with Crippen LogP contribution in [0.2, 0.25) is 0 Å². The fraction of sp³-hybridized carbons (Fsp3) is 0.846. The van der Waals surface area contributed by atoms with Crippen molar-refractivity contribution in [2.24, 2.45) is 0 Å². The molecular formula is C13H23N5O3S. The molecule has 8 nitrogen and oxygen atoms in total. The maximum atomic E-state index is 12.7. The average Bonchev–Trinajstić information content (AvgIpc) is 3.17. The molecule has 0 spiro atoms. The zero-order valence-electron chi connectivity index (χ0n) is 12.9. The number of hydrogen-bond acceptors (Lipinski definition) is 4. The highest BCUT2D eigenvalue weighted by Crippen LogP contribution is 2.28. The quantitative estimate of drug-likeness (QED) is 0.849. The first-order chi connectivity index (χ1) is 10.5. The number of rotatable bonds is 4. The molecule has 2 aliphatic rings. The van der Waals surface area contributed by atoms with Gasteiger partial charge in [-0.05, 0) is 32.6 Å². The Hall–Kier alpha value is -1.19. The van der Waals surface area contributed by atoms with Crippen LogP contribution in [0.15, 0.2) is 4.79 Å². The fourth-order valence-electron chi connectivity index (χ4n) is 3.39. The minimum atomic E-state index is -3.37. The zero-order valence-corrected chi connectivity index (χ0v) is 13.7. The molecule has 3 heterocycles. The molecule has 22 heavy (non-hydrogen) atoms. The highest BCUT2D eigenvalue weighted by Gasteiger charge is 2.36. The SMILES string of the molecule is CCn1c([C@@H]2CCCN(S(=O)(=O)N3CCCC3)C2)n[nH]c1=O. The lowest BCUT2D eigenvalue weighted by Crippen LogP contribution is -2.47. The van der Waals surface area contributed by atoms with Gasteiger partial charge in [0.2, 0.25) is 0 Å². The lowest BCUT2D eigenvalue weighted by molar-refractivity contribution is 0.284. The monoisotopic (exact) mass is 329 g/mol. The number of nitrogens with one attached hydrogen (secondary N) is 1. The normalized spacial score (nSPS) is 24.9. The molecule has 3 rings (SSSR count). The van der Waals surface area contributed by atoms with Crippen LogP contribution in [0.5, 0.6) is 0 Å². The summed E-state index contributed by atoms with van der Waals surface area (Å²) < 4.78 is 30.1. The molecule has 0 bridgehead atoms. The molecule has 0 aliphatic carbocycles. The van der Waals surface area contributed by atoms with E-state index in [0.29, 0.717) is 38.5 Å². The van der Waals surface area contributed by atoms with Crippen molar-refractivity contribution in [3.63, 3.8) is 0 Å². The predicted octanol–water partition coefficient (Wildman–Crippen LogP) is 0.111. The molecule has 1 N–H and O–H groups in total. The van der Waals surface area contributed by atoms with Crippen molar-refractivity contribution in [2.75, 3.05) is 26.2 Å². The summed E-state index contributed by atoms with van der Waals surface area (Å²) in [5.74, 6) is 0.652. The van der Waals surface area contributed by atoms with E-state index in [0.717, 1.165) is 25.7 Å². The third kappa shape index (κ3) is 2.72. The molecular weight excluding hydrogens is 306 g/mol. The van der Waals surface area contributed by atoms with E-state index in [9.17, 15) is 13.2 Å². The Morgan fingerprint density at radius 3 is 2.55 bits per heavy atom. The van der Waals surface area contributed by atoms with Crippen LogP contribution in [-0.2, 0) is 16.8 Å². The first-order valence-corrected chi connectivity index (χ1v) is 9.34. The molecule has 1 aromatic heterocycles. The van der Waals surface area contributed by atoms with Crippen LogP contribution in [0.4, 0.5) is 0 Å². The summed E-state index contributed by atoms with van der Waals surface area (Å²) in [4.78, 5) is 11.7. The number of aromatic nitrogens is 3. The molecule has 0 saturated carbocycles. The van der Waals surface area contributed by atoms with Crippen molar-refractivity contribution >= 4 is 10.2 Å². The lowest BCUT2D eigenvalue weighted by Gasteiger charge is -2.33. The molecule has 0 unspecified atom stereocenters. The zero-order chi connectivity index (χ0) is 15.7. The van der Waals surface area contributed by atoms with Gasteiger partial charge in [-0.25, -0.2) is 9.89 Å². The lowest BCUT2D eigenvalue weighted by atomic mass is 9.99. The standard InChI is InChI=1S/C13H23N5O3S/c1-2-18-12(14-15-13(18)19)11-6-5-9-17(10-11)22(20,21)16-7-3-4-8-16/h11H,2-10H2,1H3,(H,15,19)/t11-/m1/s1. The molecule has 1 atom stereocenters. The predicted molar refractivity (Wildman–Crippen MR) is 81.8 cm³/mol. The second-order valence-corrected chi connectivity index (χ2v) is 7.87. The van der Waals surface area contributed by atoms with Crippen molar-refractivity contribution in [2.45, 2.75) is 45.1 Å². The Morgan fingerprint density at radius 2 is 1.86 bits per heavy atom. The Morgan fingerprint density at radius 1 is 1.18 bits per heavy atom. The number of piperidine rings is 1. The summed E-state index contributed by atoms with van der Waals surface area (Å²) >= 11 is 0.